The molecule has 9 nitrogen and oxygen atoms in total. The summed E-state index contributed by atoms with van der Waals surface area (Å²) < 4.78 is 55.1. The van der Waals surface area contributed by atoms with Gasteiger partial charge in [0.2, 0.25) is 0 Å². The number of nitrogens with two attached hydrogens (primary N) is 1. The summed E-state index contributed by atoms with van der Waals surface area (Å²) in [7, 11) is 0. The standard InChI is InChI=1S/C29H36F3N5O4S/c1-17(11-12-33)26-36-21(16-42-26)25(38)35-20-9-10-22(40-19-7-8-19)23(29(30,31)32)24(20)37-13-5-6-18(15-37)14-34-27(39)41-28(2,3)4/h9-12,16,18-19H,1,5-8,13-15,33H2,2-4H3,(H,34,39)(H,35,38)/b12-11-/t18-/m0/s1. The molecule has 1 aliphatic carbocycles. The van der Waals surface area contributed by atoms with Crippen LogP contribution in [0.1, 0.15) is 67.5 Å². The van der Waals surface area contributed by atoms with Gasteiger partial charge in [-0.15, -0.1) is 11.3 Å². The second kappa shape index (κ2) is 12.6. The summed E-state index contributed by atoms with van der Waals surface area (Å²) in [6.07, 6.45) is -0.116. The van der Waals surface area contributed by atoms with Crippen molar-refractivity contribution in [1.82, 2.24) is 10.3 Å². The molecule has 13 heteroatoms. The fraction of sp³-hybridized carbons (Fsp3) is 0.483. The van der Waals surface area contributed by atoms with Gasteiger partial charge in [-0.2, -0.15) is 13.2 Å². The summed E-state index contributed by atoms with van der Waals surface area (Å²) >= 11 is 1.17. The van der Waals surface area contributed by atoms with Crippen LogP contribution < -0.4 is 26.0 Å². The summed E-state index contributed by atoms with van der Waals surface area (Å²) in [6, 6.07) is 2.69. The highest BCUT2D eigenvalue weighted by Crippen LogP contribution is 2.48. The number of alkyl carbamates (subject to hydrolysis) is 1. The number of anilines is 2. The summed E-state index contributed by atoms with van der Waals surface area (Å²) in [4.78, 5) is 31.3. The molecule has 2 heterocycles. The number of benzene rings is 1. The van der Waals surface area contributed by atoms with E-state index in [1.54, 1.807) is 25.7 Å². The first-order valence-electron chi connectivity index (χ1n) is 13.7. The van der Waals surface area contributed by atoms with Gasteiger partial charge in [-0.25, -0.2) is 9.78 Å². The van der Waals surface area contributed by atoms with E-state index in [1.807, 2.05) is 0 Å². The monoisotopic (exact) mass is 607 g/mol. The molecule has 2 fully saturated rings. The van der Waals surface area contributed by atoms with Crippen molar-refractivity contribution in [1.29, 1.82) is 0 Å². The summed E-state index contributed by atoms with van der Waals surface area (Å²) in [6.45, 7) is 9.88. The maximum absolute atomic E-state index is 14.7. The highest BCUT2D eigenvalue weighted by atomic mass is 32.1. The van der Waals surface area contributed by atoms with Gasteiger partial charge in [0.05, 0.1) is 17.5 Å². The van der Waals surface area contributed by atoms with Crippen molar-refractivity contribution >= 4 is 40.3 Å². The number of thiazole rings is 1. The van der Waals surface area contributed by atoms with Crippen LogP contribution in [0.3, 0.4) is 0 Å². The maximum atomic E-state index is 14.7. The van der Waals surface area contributed by atoms with E-state index in [0.29, 0.717) is 42.8 Å². The molecule has 4 rings (SSSR count). The molecule has 42 heavy (non-hydrogen) atoms. The predicted octanol–water partition coefficient (Wildman–Crippen LogP) is 6.18. The number of allylic oxidation sites excluding steroid dienone is 2. The van der Waals surface area contributed by atoms with E-state index >= 15 is 0 Å². The number of carbonyl (C=O) groups is 2. The zero-order chi connectivity index (χ0) is 30.7. The minimum absolute atomic E-state index is 0.00791. The molecule has 1 saturated carbocycles. The number of nitrogens with zero attached hydrogens (tertiary/aromatic N) is 2. The highest BCUT2D eigenvalue weighted by Gasteiger charge is 2.42. The molecule has 228 valence electrons. The lowest BCUT2D eigenvalue weighted by atomic mass is 9.96. The van der Waals surface area contributed by atoms with Crippen molar-refractivity contribution in [3.63, 3.8) is 0 Å². The predicted molar refractivity (Wildman–Crippen MR) is 157 cm³/mol. The molecule has 0 radical (unpaired) electrons. The average Bonchev–Trinajstić information content (AvgIpc) is 3.57. The fourth-order valence-electron chi connectivity index (χ4n) is 4.62. The van der Waals surface area contributed by atoms with E-state index in [2.05, 4.69) is 22.2 Å². The smallest absolute Gasteiger partial charge is 0.422 e. The molecule has 1 saturated heterocycles. The van der Waals surface area contributed by atoms with E-state index < -0.39 is 29.3 Å². The van der Waals surface area contributed by atoms with E-state index in [4.69, 9.17) is 15.2 Å². The van der Waals surface area contributed by atoms with Crippen LogP contribution >= 0.6 is 11.3 Å². The number of hydrogen-bond donors (Lipinski definition) is 3. The third-order valence-corrected chi connectivity index (χ3v) is 7.49. The number of piperidine rings is 1. The van der Waals surface area contributed by atoms with E-state index in [9.17, 15) is 22.8 Å². The number of hydrogen-bond acceptors (Lipinski definition) is 8. The van der Waals surface area contributed by atoms with Crippen molar-refractivity contribution < 1.29 is 32.2 Å². The van der Waals surface area contributed by atoms with Crippen molar-refractivity contribution in [3.8, 4) is 5.75 Å². The van der Waals surface area contributed by atoms with E-state index in [-0.39, 0.29) is 47.9 Å². The van der Waals surface area contributed by atoms with Gasteiger partial charge in [0.25, 0.3) is 5.91 Å². The molecule has 2 aromatic rings. The van der Waals surface area contributed by atoms with Gasteiger partial charge in [-0.1, -0.05) is 6.58 Å². The molecule has 1 aromatic carbocycles. The molecular formula is C29H36F3N5O4S. The quantitative estimate of drug-likeness (QED) is 0.291. The van der Waals surface area contributed by atoms with Crippen LogP contribution in [-0.2, 0) is 10.9 Å². The highest BCUT2D eigenvalue weighted by molar-refractivity contribution is 7.11. The Morgan fingerprint density at radius 3 is 2.62 bits per heavy atom. The molecule has 0 unspecified atom stereocenters. The van der Waals surface area contributed by atoms with Crippen LogP contribution in [-0.4, -0.2) is 48.3 Å². The molecule has 0 bridgehead atoms. The van der Waals surface area contributed by atoms with Crippen LogP contribution in [0, 0.1) is 5.92 Å². The van der Waals surface area contributed by atoms with Gasteiger partial charge in [0.1, 0.15) is 27.6 Å². The van der Waals surface area contributed by atoms with Gasteiger partial charge >= 0.3 is 12.3 Å². The molecular weight excluding hydrogens is 571 g/mol. The number of nitrogens with one attached hydrogen (secondary N) is 2. The van der Waals surface area contributed by atoms with Crippen molar-refractivity contribution in [3.05, 3.63) is 52.6 Å². The van der Waals surface area contributed by atoms with Gasteiger partial charge in [-0.05, 0) is 76.8 Å². The van der Waals surface area contributed by atoms with Crippen LogP contribution in [0.5, 0.6) is 5.75 Å². The van der Waals surface area contributed by atoms with Crippen molar-refractivity contribution in [2.45, 2.75) is 64.3 Å². The van der Waals surface area contributed by atoms with E-state index in [1.165, 1.54) is 41.1 Å². The second-order valence-corrected chi connectivity index (χ2v) is 12.2. The Bertz CT molecular complexity index is 1350. The molecule has 2 aliphatic rings. The third kappa shape index (κ3) is 8.17. The van der Waals surface area contributed by atoms with Crippen LogP contribution in [0.25, 0.3) is 5.57 Å². The molecule has 1 aromatic heterocycles. The molecule has 1 aliphatic heterocycles. The van der Waals surface area contributed by atoms with Crippen LogP contribution in [0.15, 0.2) is 36.4 Å². The molecule has 1 atom stereocenters. The molecule has 0 spiro atoms. The maximum Gasteiger partial charge on any atom is 0.422 e. The Hall–Kier alpha value is -3.74. The van der Waals surface area contributed by atoms with Crippen LogP contribution in [0.2, 0.25) is 0 Å². The Kier molecular flexibility index (Phi) is 9.39. The number of rotatable bonds is 9. The molecule has 2 amide bonds. The first-order valence-corrected chi connectivity index (χ1v) is 14.6. The Labute approximate surface area is 247 Å². The zero-order valence-corrected chi connectivity index (χ0v) is 24.7. The van der Waals surface area contributed by atoms with E-state index in [0.717, 1.165) is 0 Å². The number of carbonyl (C=O) groups excluding carboxylic acids is 2. The Morgan fingerprint density at radius 2 is 1.98 bits per heavy atom. The first-order chi connectivity index (χ1) is 19.7. The van der Waals surface area contributed by atoms with Gasteiger partial charge < -0.3 is 30.7 Å². The molecule has 4 N–H and O–H groups in total. The van der Waals surface area contributed by atoms with Crippen molar-refractivity contribution in [2.75, 3.05) is 29.9 Å². The third-order valence-electron chi connectivity index (χ3n) is 6.57. The number of alkyl halides is 3. The summed E-state index contributed by atoms with van der Waals surface area (Å²) in [5.41, 5.74) is 4.17. The lowest BCUT2D eigenvalue weighted by Crippen LogP contribution is -2.43. The van der Waals surface area contributed by atoms with Crippen molar-refractivity contribution in [2.24, 2.45) is 11.7 Å². The van der Waals surface area contributed by atoms with Gasteiger partial charge in [0, 0.05) is 30.6 Å². The number of ether oxygens (including phenoxy) is 2. The Morgan fingerprint density at radius 1 is 1.24 bits per heavy atom. The minimum Gasteiger partial charge on any atom is -0.490 e. The zero-order valence-electron chi connectivity index (χ0n) is 23.8. The fourth-order valence-corrected chi connectivity index (χ4v) is 5.37. The Balaban J connectivity index is 1.64. The lowest BCUT2D eigenvalue weighted by Gasteiger charge is -2.37. The van der Waals surface area contributed by atoms with Gasteiger partial charge in [-0.3, -0.25) is 4.79 Å². The first kappa shape index (κ1) is 31.2. The average molecular weight is 608 g/mol. The number of halogens is 3. The topological polar surface area (TPSA) is 119 Å². The van der Waals surface area contributed by atoms with Gasteiger partial charge in [0.15, 0.2) is 0 Å². The number of aromatic nitrogens is 1. The lowest BCUT2D eigenvalue weighted by molar-refractivity contribution is -0.138. The normalized spacial score (nSPS) is 17.7. The SMILES string of the molecule is C=C(/C=C\N)c1nc(C(=O)Nc2ccc(OC3CC3)c(C(F)(F)F)c2N2CCC[C@@H](CNC(=O)OC(C)(C)C)C2)cs1. The summed E-state index contributed by atoms with van der Waals surface area (Å²) in [5.74, 6) is -1.08. The summed E-state index contributed by atoms with van der Waals surface area (Å²) in [5, 5.41) is 7.35. The number of amides is 2. The van der Waals surface area contributed by atoms with Crippen LogP contribution in [0.4, 0.5) is 29.3 Å². The minimum atomic E-state index is -4.76. The second-order valence-electron chi connectivity index (χ2n) is 11.4. The largest absolute Gasteiger partial charge is 0.490 e.